The van der Waals surface area contributed by atoms with Gasteiger partial charge in [-0.2, -0.15) is 0 Å². The molecule has 0 amide bonds. The van der Waals surface area contributed by atoms with E-state index in [1.165, 1.54) is 0 Å². The molecule has 0 aromatic rings. The highest BCUT2D eigenvalue weighted by atomic mass is 16.6. The molecule has 2 atom stereocenters. The second kappa shape index (κ2) is 23.7. The molecule has 10 heterocycles. The van der Waals surface area contributed by atoms with Crippen molar-refractivity contribution in [3.63, 3.8) is 0 Å². The van der Waals surface area contributed by atoms with Gasteiger partial charge in [0.1, 0.15) is 0 Å². The maximum atomic E-state index is 4.71. The molecule has 0 aliphatic carbocycles. The monoisotopic (exact) mass is 468 g/mol. The minimum Gasteiger partial charge on any atom is -0.377 e. The van der Waals surface area contributed by atoms with Gasteiger partial charge in [-0.3, -0.25) is 0 Å². The van der Waals surface area contributed by atoms with Crippen LogP contribution < -0.4 is 0 Å². The molecule has 10 saturated heterocycles. The number of epoxide rings is 10. The van der Waals surface area contributed by atoms with Crippen molar-refractivity contribution in [2.24, 2.45) is 0 Å². The Morgan fingerprint density at radius 1 is 0.312 bits per heavy atom. The highest BCUT2D eigenvalue weighted by Gasteiger charge is 2.13. The zero-order chi connectivity index (χ0) is 23.0. The summed E-state index contributed by atoms with van der Waals surface area (Å²) in [4.78, 5) is 0. The molecule has 10 rings (SSSR count). The van der Waals surface area contributed by atoms with E-state index in [1.54, 1.807) is 0 Å². The van der Waals surface area contributed by atoms with Gasteiger partial charge in [-0.15, -0.1) is 0 Å². The number of hydrogen-bond donors (Lipinski definition) is 0. The molecule has 10 fully saturated rings. The van der Waals surface area contributed by atoms with Crippen LogP contribution in [0.5, 0.6) is 0 Å². The summed E-state index contributed by atoms with van der Waals surface area (Å²) in [6.07, 6.45) is 1.17. The fraction of sp³-hybridized carbons (Fsp3) is 1.00. The van der Waals surface area contributed by atoms with Crippen LogP contribution in [-0.4, -0.2) is 131 Å². The average Bonchev–Trinajstić information content (AvgIpc) is 3.60. The first-order valence-electron chi connectivity index (χ1n) is 11.6. The predicted molar refractivity (Wildman–Crippen MR) is 117 cm³/mol. The molecular formula is C22H44O10. The van der Waals surface area contributed by atoms with Gasteiger partial charge in [0.25, 0.3) is 0 Å². The van der Waals surface area contributed by atoms with E-state index in [9.17, 15) is 0 Å². The largest absolute Gasteiger partial charge is 0.377 e. The van der Waals surface area contributed by atoms with Crippen molar-refractivity contribution < 1.29 is 47.4 Å². The van der Waals surface area contributed by atoms with Crippen LogP contribution in [0.3, 0.4) is 0 Å². The number of ether oxygens (including phenoxy) is 10. The standard InChI is InChI=1S/2C3H6O.8C2H4O/c2*1-3-2-4-3;8*1-2-3-1/h2*3H,2H2,1H3;8*1-2H2. The smallest absolute Gasteiger partial charge is 0.0781 e. The summed E-state index contributed by atoms with van der Waals surface area (Å²) in [5.41, 5.74) is 0. The van der Waals surface area contributed by atoms with Gasteiger partial charge in [-0.1, -0.05) is 0 Å². The van der Waals surface area contributed by atoms with E-state index >= 15 is 0 Å². The van der Waals surface area contributed by atoms with Gasteiger partial charge < -0.3 is 47.4 Å². The van der Waals surface area contributed by atoms with Crippen LogP contribution in [0.1, 0.15) is 13.8 Å². The molecule has 10 aliphatic rings. The summed E-state index contributed by atoms with van der Waals surface area (Å²) in [5.74, 6) is 0. The second-order valence-electron chi connectivity index (χ2n) is 7.19. The van der Waals surface area contributed by atoms with Crippen molar-refractivity contribution in [2.45, 2.75) is 26.1 Å². The average molecular weight is 469 g/mol. The lowest BCUT2D eigenvalue weighted by Gasteiger charge is -1.51. The van der Waals surface area contributed by atoms with E-state index in [0.717, 1.165) is 119 Å². The third-order valence-electron chi connectivity index (χ3n) is 2.63. The van der Waals surface area contributed by atoms with Gasteiger partial charge in [-0.05, 0) is 13.8 Å². The first-order valence-corrected chi connectivity index (χ1v) is 11.6. The van der Waals surface area contributed by atoms with Gasteiger partial charge in [-0.25, -0.2) is 0 Å². The fourth-order valence-electron chi connectivity index (χ4n) is 0.192. The fourth-order valence-corrected chi connectivity index (χ4v) is 0.192. The van der Waals surface area contributed by atoms with Crippen LogP contribution in [0, 0.1) is 0 Å². The molecule has 0 bridgehead atoms. The van der Waals surface area contributed by atoms with Crippen LogP contribution in [0.25, 0.3) is 0 Å². The van der Waals surface area contributed by atoms with Crippen molar-refractivity contribution in [1.29, 1.82) is 0 Å². The van der Waals surface area contributed by atoms with Crippen LogP contribution in [0.2, 0.25) is 0 Å². The Labute approximate surface area is 193 Å². The summed E-state index contributed by atoms with van der Waals surface area (Å²) in [5, 5.41) is 0. The Morgan fingerprint density at radius 3 is 0.375 bits per heavy atom. The van der Waals surface area contributed by atoms with Gasteiger partial charge >= 0.3 is 0 Å². The highest BCUT2D eigenvalue weighted by molar-refractivity contribution is 4.58. The first kappa shape index (κ1) is 29.6. The molecule has 10 nitrogen and oxygen atoms in total. The molecule has 0 radical (unpaired) electrons. The van der Waals surface area contributed by atoms with Crippen LogP contribution in [0.15, 0.2) is 0 Å². The van der Waals surface area contributed by atoms with Gasteiger partial charge in [0.2, 0.25) is 0 Å². The van der Waals surface area contributed by atoms with Crippen molar-refractivity contribution in [3.05, 3.63) is 0 Å². The Morgan fingerprint density at radius 2 is 0.375 bits per heavy atom. The third kappa shape index (κ3) is 131. The molecule has 10 heteroatoms. The van der Waals surface area contributed by atoms with Crippen molar-refractivity contribution in [2.75, 3.05) is 119 Å². The van der Waals surface area contributed by atoms with Gasteiger partial charge in [0.05, 0.1) is 131 Å². The SMILES string of the molecule is C1CO1.C1CO1.C1CO1.C1CO1.C1CO1.C1CO1.C1CO1.C1CO1.CC1CO1.CC1CO1. The Bertz CT molecular complexity index is 247. The summed E-state index contributed by atoms with van der Waals surface area (Å²) in [7, 11) is 0. The molecular weight excluding hydrogens is 424 g/mol. The minimum absolute atomic E-state index is 0.583. The van der Waals surface area contributed by atoms with Crippen LogP contribution in [0.4, 0.5) is 0 Å². The summed E-state index contributed by atoms with van der Waals surface area (Å²) in [6, 6.07) is 0. The van der Waals surface area contributed by atoms with E-state index < -0.39 is 0 Å². The topological polar surface area (TPSA) is 125 Å². The van der Waals surface area contributed by atoms with E-state index in [2.05, 4.69) is 51.7 Å². The third-order valence-corrected chi connectivity index (χ3v) is 2.63. The van der Waals surface area contributed by atoms with Gasteiger partial charge in [0, 0.05) is 0 Å². The minimum atomic E-state index is 0.583. The van der Waals surface area contributed by atoms with Crippen LogP contribution >= 0.6 is 0 Å². The molecule has 2 unspecified atom stereocenters. The molecule has 32 heavy (non-hydrogen) atoms. The molecule has 0 saturated carbocycles. The van der Waals surface area contributed by atoms with Crippen molar-refractivity contribution in [1.82, 2.24) is 0 Å². The maximum absolute atomic E-state index is 4.71. The summed E-state index contributed by atoms with van der Waals surface area (Å²) >= 11 is 0. The molecule has 0 aromatic carbocycles. The van der Waals surface area contributed by atoms with Crippen LogP contribution in [-0.2, 0) is 47.4 Å². The second-order valence-corrected chi connectivity index (χ2v) is 7.19. The molecule has 10 aliphatic heterocycles. The van der Waals surface area contributed by atoms with Crippen molar-refractivity contribution in [3.8, 4) is 0 Å². The van der Waals surface area contributed by atoms with Crippen molar-refractivity contribution >= 4 is 0 Å². The Kier molecular flexibility index (Phi) is 22.0. The number of hydrogen-bond acceptors (Lipinski definition) is 10. The highest BCUT2D eigenvalue weighted by Crippen LogP contribution is 2.04. The van der Waals surface area contributed by atoms with E-state index in [-0.39, 0.29) is 0 Å². The first-order chi connectivity index (χ1) is 15.8. The zero-order valence-electron chi connectivity index (χ0n) is 20.0. The summed E-state index contributed by atoms with van der Waals surface area (Å²) < 4.78 is 45.4. The lowest BCUT2D eigenvalue weighted by atomic mass is 10.6. The Balaban J connectivity index is 0.000000178. The van der Waals surface area contributed by atoms with E-state index in [4.69, 9.17) is 9.47 Å². The quantitative estimate of drug-likeness (QED) is 0.474. The molecule has 0 aromatic heterocycles. The summed E-state index contributed by atoms with van der Waals surface area (Å²) in [6.45, 7) is 22.1. The lowest BCUT2D eigenvalue weighted by molar-refractivity contribution is 0.423. The van der Waals surface area contributed by atoms with E-state index in [0.29, 0.717) is 12.2 Å². The normalized spacial score (nSPS) is 27.9. The molecule has 0 N–H and O–H groups in total. The predicted octanol–water partition coefficient (Wildman–Crippen LogP) is 0.943. The molecule has 192 valence electrons. The van der Waals surface area contributed by atoms with E-state index in [1.807, 2.05) is 0 Å². The zero-order valence-corrected chi connectivity index (χ0v) is 20.0. The van der Waals surface area contributed by atoms with Gasteiger partial charge in [0.15, 0.2) is 0 Å². The molecule has 0 spiro atoms. The maximum Gasteiger partial charge on any atom is 0.0781 e. The number of rotatable bonds is 0. The lowest BCUT2D eigenvalue weighted by Crippen LogP contribution is -1.60. The Hall–Kier alpha value is -0.400.